The molecule has 0 saturated heterocycles. The molecular weight excluding hydrogens is 287 g/mol. The highest BCUT2D eigenvalue weighted by Crippen LogP contribution is 2.28. The Kier molecular flexibility index (Phi) is 4.67. The number of halogens is 1. The summed E-state index contributed by atoms with van der Waals surface area (Å²) < 4.78 is 14.7. The average Bonchev–Trinajstić information content (AvgIpc) is 2.60. The molecule has 0 spiro atoms. The number of aromatic nitrogens is 1. The van der Waals surface area contributed by atoms with Crippen molar-refractivity contribution in [2.75, 3.05) is 5.32 Å². The van der Waals surface area contributed by atoms with E-state index in [1.165, 1.54) is 0 Å². The molecule has 116 valence electrons. The summed E-state index contributed by atoms with van der Waals surface area (Å²) in [5.41, 5.74) is 3.61. The first kappa shape index (κ1) is 15.2. The molecule has 2 nitrogen and oxygen atoms in total. The molecule has 0 amide bonds. The molecule has 0 aliphatic carbocycles. The molecule has 1 heterocycles. The Labute approximate surface area is 136 Å². The zero-order valence-electron chi connectivity index (χ0n) is 13.1. The molecule has 3 rings (SSSR count). The molecule has 3 aromatic rings. The first-order chi connectivity index (χ1) is 11.3. The van der Waals surface area contributed by atoms with Crippen LogP contribution in [0.4, 0.5) is 15.8 Å². The Balaban J connectivity index is 2.05. The normalized spacial score (nSPS) is 10.5. The number of aryl methyl sites for hydroxylation is 1. The van der Waals surface area contributed by atoms with Gasteiger partial charge in [-0.15, -0.1) is 0 Å². The van der Waals surface area contributed by atoms with E-state index in [0.29, 0.717) is 17.8 Å². The minimum Gasteiger partial charge on any atom is -0.353 e. The van der Waals surface area contributed by atoms with Crippen molar-refractivity contribution in [3.8, 4) is 11.3 Å². The third-order valence-corrected chi connectivity index (χ3v) is 3.64. The molecule has 0 aliphatic heterocycles. The van der Waals surface area contributed by atoms with Crippen LogP contribution in [-0.4, -0.2) is 4.98 Å². The SMILES string of the molecule is CCCc1nc(-c2ccccc2)cc(Nc2ccccc2)c1F. The molecule has 23 heavy (non-hydrogen) atoms. The van der Waals surface area contributed by atoms with Gasteiger partial charge in [-0.25, -0.2) is 9.37 Å². The van der Waals surface area contributed by atoms with Gasteiger partial charge < -0.3 is 5.32 Å². The van der Waals surface area contributed by atoms with Gasteiger partial charge in [0, 0.05) is 11.3 Å². The number of hydrogen-bond donors (Lipinski definition) is 1. The Hall–Kier alpha value is -2.68. The van der Waals surface area contributed by atoms with Crippen LogP contribution in [0.2, 0.25) is 0 Å². The quantitative estimate of drug-likeness (QED) is 0.665. The number of rotatable bonds is 5. The van der Waals surface area contributed by atoms with Gasteiger partial charge in [0.25, 0.3) is 0 Å². The van der Waals surface area contributed by atoms with Crippen LogP contribution in [0.3, 0.4) is 0 Å². The zero-order chi connectivity index (χ0) is 16.1. The molecular formula is C20H19FN2. The topological polar surface area (TPSA) is 24.9 Å². The number of hydrogen-bond acceptors (Lipinski definition) is 2. The van der Waals surface area contributed by atoms with Crippen molar-refractivity contribution in [1.82, 2.24) is 4.98 Å². The van der Waals surface area contributed by atoms with Gasteiger partial charge in [-0.05, 0) is 24.6 Å². The Bertz CT molecular complexity index is 770. The lowest BCUT2D eigenvalue weighted by Crippen LogP contribution is -2.03. The van der Waals surface area contributed by atoms with Crippen LogP contribution in [0.1, 0.15) is 19.0 Å². The number of nitrogens with zero attached hydrogens (tertiary/aromatic N) is 1. The standard InChI is InChI=1S/C20H19FN2/c1-2-9-17-20(21)19(22-16-12-7-4-8-13-16)14-18(23-17)15-10-5-3-6-11-15/h3-8,10-14H,2,9H2,1H3,(H,22,23). The van der Waals surface area contributed by atoms with Crippen LogP contribution in [-0.2, 0) is 6.42 Å². The first-order valence-corrected chi connectivity index (χ1v) is 7.85. The highest BCUT2D eigenvalue weighted by Gasteiger charge is 2.13. The summed E-state index contributed by atoms with van der Waals surface area (Å²) in [7, 11) is 0. The molecule has 2 aromatic carbocycles. The average molecular weight is 306 g/mol. The Morgan fingerprint density at radius 2 is 1.61 bits per heavy atom. The predicted molar refractivity (Wildman–Crippen MR) is 93.4 cm³/mol. The monoisotopic (exact) mass is 306 g/mol. The zero-order valence-corrected chi connectivity index (χ0v) is 13.1. The predicted octanol–water partition coefficient (Wildman–Crippen LogP) is 5.58. The van der Waals surface area contributed by atoms with Gasteiger partial charge in [0.1, 0.15) is 0 Å². The van der Waals surface area contributed by atoms with Gasteiger partial charge in [-0.2, -0.15) is 0 Å². The molecule has 0 radical (unpaired) electrons. The first-order valence-electron chi connectivity index (χ1n) is 7.85. The van der Waals surface area contributed by atoms with E-state index < -0.39 is 0 Å². The van der Waals surface area contributed by atoms with E-state index in [0.717, 1.165) is 23.4 Å². The van der Waals surface area contributed by atoms with Crippen LogP contribution in [0, 0.1) is 5.82 Å². The molecule has 0 unspecified atom stereocenters. The summed E-state index contributed by atoms with van der Waals surface area (Å²) in [6.07, 6.45) is 1.48. The number of pyridine rings is 1. The maximum atomic E-state index is 14.7. The second kappa shape index (κ2) is 7.05. The summed E-state index contributed by atoms with van der Waals surface area (Å²) in [6.45, 7) is 2.03. The Morgan fingerprint density at radius 1 is 0.957 bits per heavy atom. The van der Waals surface area contributed by atoms with Gasteiger partial charge in [-0.1, -0.05) is 61.9 Å². The third kappa shape index (κ3) is 3.57. The summed E-state index contributed by atoms with van der Waals surface area (Å²) >= 11 is 0. The van der Waals surface area contributed by atoms with E-state index in [-0.39, 0.29) is 5.82 Å². The smallest absolute Gasteiger partial charge is 0.168 e. The lowest BCUT2D eigenvalue weighted by atomic mass is 10.1. The van der Waals surface area contributed by atoms with Crippen molar-refractivity contribution in [3.05, 3.63) is 78.2 Å². The lowest BCUT2D eigenvalue weighted by Gasteiger charge is -2.13. The van der Waals surface area contributed by atoms with Crippen LogP contribution < -0.4 is 5.32 Å². The third-order valence-electron chi connectivity index (χ3n) is 3.64. The Morgan fingerprint density at radius 3 is 2.26 bits per heavy atom. The second-order valence-corrected chi connectivity index (χ2v) is 5.42. The van der Waals surface area contributed by atoms with Gasteiger partial charge in [0.05, 0.1) is 17.1 Å². The molecule has 0 aliphatic rings. The molecule has 3 heteroatoms. The van der Waals surface area contributed by atoms with Gasteiger partial charge in [0.2, 0.25) is 0 Å². The fraction of sp³-hybridized carbons (Fsp3) is 0.150. The van der Waals surface area contributed by atoms with Crippen molar-refractivity contribution in [2.45, 2.75) is 19.8 Å². The minimum atomic E-state index is -0.268. The summed E-state index contributed by atoms with van der Waals surface area (Å²) in [5.74, 6) is -0.268. The summed E-state index contributed by atoms with van der Waals surface area (Å²) in [6, 6.07) is 21.3. The highest BCUT2D eigenvalue weighted by molar-refractivity contribution is 5.69. The van der Waals surface area contributed by atoms with Crippen molar-refractivity contribution in [3.63, 3.8) is 0 Å². The van der Waals surface area contributed by atoms with Crippen molar-refractivity contribution in [2.24, 2.45) is 0 Å². The van der Waals surface area contributed by atoms with E-state index in [1.807, 2.05) is 67.6 Å². The van der Waals surface area contributed by atoms with Gasteiger partial charge in [-0.3, -0.25) is 0 Å². The second-order valence-electron chi connectivity index (χ2n) is 5.42. The van der Waals surface area contributed by atoms with Crippen LogP contribution in [0.15, 0.2) is 66.7 Å². The van der Waals surface area contributed by atoms with Crippen molar-refractivity contribution in [1.29, 1.82) is 0 Å². The van der Waals surface area contributed by atoms with Crippen LogP contribution >= 0.6 is 0 Å². The molecule has 0 fully saturated rings. The maximum absolute atomic E-state index is 14.7. The summed E-state index contributed by atoms with van der Waals surface area (Å²) in [4.78, 5) is 4.52. The van der Waals surface area contributed by atoms with E-state index in [2.05, 4.69) is 10.3 Å². The molecule has 0 atom stereocenters. The number of anilines is 2. The molecule has 0 bridgehead atoms. The number of benzene rings is 2. The van der Waals surface area contributed by atoms with Gasteiger partial charge in [0.15, 0.2) is 5.82 Å². The van der Waals surface area contributed by atoms with Crippen LogP contribution in [0.5, 0.6) is 0 Å². The van der Waals surface area contributed by atoms with Gasteiger partial charge >= 0.3 is 0 Å². The lowest BCUT2D eigenvalue weighted by molar-refractivity contribution is 0.600. The van der Waals surface area contributed by atoms with Crippen LogP contribution in [0.25, 0.3) is 11.3 Å². The highest BCUT2D eigenvalue weighted by atomic mass is 19.1. The number of nitrogens with one attached hydrogen (secondary N) is 1. The fourth-order valence-corrected chi connectivity index (χ4v) is 2.51. The minimum absolute atomic E-state index is 0.268. The molecule has 1 N–H and O–H groups in total. The summed E-state index contributed by atoms with van der Waals surface area (Å²) in [5, 5.41) is 3.17. The largest absolute Gasteiger partial charge is 0.353 e. The van der Waals surface area contributed by atoms with E-state index >= 15 is 0 Å². The molecule has 1 aromatic heterocycles. The molecule has 0 saturated carbocycles. The van der Waals surface area contributed by atoms with E-state index in [1.54, 1.807) is 6.07 Å². The van der Waals surface area contributed by atoms with E-state index in [4.69, 9.17) is 0 Å². The maximum Gasteiger partial charge on any atom is 0.168 e. The fourth-order valence-electron chi connectivity index (χ4n) is 2.51. The van der Waals surface area contributed by atoms with E-state index in [9.17, 15) is 4.39 Å². The van der Waals surface area contributed by atoms with Crippen molar-refractivity contribution < 1.29 is 4.39 Å². The number of para-hydroxylation sites is 1. The van der Waals surface area contributed by atoms with Crippen molar-refractivity contribution >= 4 is 11.4 Å².